The Morgan fingerprint density at radius 2 is 2.06 bits per heavy atom. The zero-order valence-electron chi connectivity index (χ0n) is 17.0. The van der Waals surface area contributed by atoms with Crippen LogP contribution in [0.1, 0.15) is 35.9 Å². The number of nitrogens with one attached hydrogen (secondary N) is 1. The molecule has 0 spiro atoms. The molecule has 4 N–H and O–H groups in total. The monoisotopic (exact) mass is 423 g/mol. The Labute approximate surface area is 177 Å². The minimum Gasteiger partial charge on any atom is -0.494 e. The van der Waals surface area contributed by atoms with Crippen molar-refractivity contribution >= 4 is 23.3 Å². The molecular weight excluding hydrogens is 402 g/mol. The topological polar surface area (TPSA) is 158 Å². The van der Waals surface area contributed by atoms with E-state index in [1.807, 2.05) is 6.92 Å². The van der Waals surface area contributed by atoms with E-state index in [0.717, 1.165) is 0 Å². The molecule has 1 aromatic carbocycles. The Balaban J connectivity index is 1.77. The van der Waals surface area contributed by atoms with Crippen molar-refractivity contribution in [3.63, 3.8) is 0 Å². The van der Waals surface area contributed by atoms with Gasteiger partial charge in [-0.2, -0.15) is 10.2 Å². The van der Waals surface area contributed by atoms with Gasteiger partial charge in [0.15, 0.2) is 17.3 Å². The Morgan fingerprint density at radius 1 is 1.29 bits per heavy atom. The number of amides is 1. The minimum atomic E-state index is -1.26. The summed E-state index contributed by atoms with van der Waals surface area (Å²) in [5, 5.41) is 24.8. The van der Waals surface area contributed by atoms with E-state index in [9.17, 15) is 14.7 Å². The van der Waals surface area contributed by atoms with Gasteiger partial charge in [0.1, 0.15) is 6.33 Å². The average molecular weight is 423 g/mol. The fraction of sp³-hybridized carbons (Fsp3) is 0.300. The molecule has 1 saturated carbocycles. The first-order chi connectivity index (χ1) is 14.9. The van der Waals surface area contributed by atoms with E-state index in [0.29, 0.717) is 47.9 Å². The number of aryl methyl sites for hydroxylation is 1. The van der Waals surface area contributed by atoms with E-state index in [4.69, 9.17) is 10.5 Å². The molecule has 0 atom stereocenters. The van der Waals surface area contributed by atoms with Gasteiger partial charge in [0, 0.05) is 6.54 Å². The fourth-order valence-electron chi connectivity index (χ4n) is 3.38. The summed E-state index contributed by atoms with van der Waals surface area (Å²) >= 11 is 0. The van der Waals surface area contributed by atoms with Crippen molar-refractivity contribution in [3.8, 4) is 17.1 Å². The zero-order valence-corrected chi connectivity index (χ0v) is 17.0. The van der Waals surface area contributed by atoms with Crippen molar-refractivity contribution in [2.75, 3.05) is 12.4 Å². The van der Waals surface area contributed by atoms with Gasteiger partial charge in [0.2, 0.25) is 5.91 Å². The lowest BCUT2D eigenvalue weighted by Crippen LogP contribution is -2.30. The quantitative estimate of drug-likeness (QED) is 0.490. The second-order valence-corrected chi connectivity index (χ2v) is 7.18. The molecule has 31 heavy (non-hydrogen) atoms. The molecule has 0 saturated heterocycles. The smallest absolute Gasteiger partial charge is 0.358 e. The molecule has 2 heterocycles. The van der Waals surface area contributed by atoms with Crippen molar-refractivity contribution in [1.82, 2.24) is 25.0 Å². The van der Waals surface area contributed by atoms with Gasteiger partial charge in [-0.1, -0.05) is 6.07 Å². The average Bonchev–Trinajstić information content (AvgIpc) is 3.44. The van der Waals surface area contributed by atoms with E-state index in [-0.39, 0.29) is 11.4 Å². The minimum absolute atomic E-state index is 0.174. The second-order valence-electron chi connectivity index (χ2n) is 7.18. The van der Waals surface area contributed by atoms with Crippen LogP contribution >= 0.6 is 0 Å². The molecule has 0 aliphatic heterocycles. The van der Waals surface area contributed by atoms with Gasteiger partial charge < -0.3 is 20.9 Å². The van der Waals surface area contributed by atoms with Crippen LogP contribution in [0.4, 0.5) is 11.4 Å². The third-order valence-corrected chi connectivity index (χ3v) is 5.30. The maximum atomic E-state index is 11.9. The van der Waals surface area contributed by atoms with Crippen molar-refractivity contribution in [2.45, 2.75) is 31.7 Å². The molecule has 1 fully saturated rings. The molecule has 1 aliphatic rings. The van der Waals surface area contributed by atoms with Gasteiger partial charge >= 0.3 is 5.97 Å². The number of nitrogens with zero attached hydrogens (tertiary/aromatic N) is 5. The Bertz CT molecular complexity index is 1170. The van der Waals surface area contributed by atoms with Gasteiger partial charge in [-0.3, -0.25) is 9.48 Å². The third-order valence-electron chi connectivity index (χ3n) is 5.30. The van der Waals surface area contributed by atoms with Crippen LogP contribution in [0.3, 0.4) is 0 Å². The number of anilines is 2. The van der Waals surface area contributed by atoms with Crippen molar-refractivity contribution in [3.05, 3.63) is 42.0 Å². The molecule has 0 unspecified atom stereocenters. The molecule has 1 amide bonds. The zero-order chi connectivity index (χ0) is 22.2. The first-order valence-electron chi connectivity index (χ1n) is 9.65. The predicted molar refractivity (Wildman–Crippen MR) is 110 cm³/mol. The van der Waals surface area contributed by atoms with Crippen molar-refractivity contribution in [2.24, 2.45) is 5.73 Å². The van der Waals surface area contributed by atoms with E-state index in [1.54, 1.807) is 29.2 Å². The second kappa shape index (κ2) is 7.67. The first-order valence-corrected chi connectivity index (χ1v) is 9.65. The van der Waals surface area contributed by atoms with Gasteiger partial charge in [-0.15, -0.1) is 5.10 Å². The molecule has 4 rings (SSSR count). The molecule has 0 bridgehead atoms. The van der Waals surface area contributed by atoms with Crippen LogP contribution in [-0.4, -0.2) is 49.1 Å². The van der Waals surface area contributed by atoms with E-state index < -0.39 is 17.3 Å². The fourth-order valence-corrected chi connectivity index (χ4v) is 3.38. The normalized spacial score (nSPS) is 14.1. The molecular formula is C20H21N7O4. The first kappa shape index (κ1) is 20.3. The number of methoxy groups -OCH3 is 1. The number of para-hydroxylation sites is 1. The largest absolute Gasteiger partial charge is 0.494 e. The summed E-state index contributed by atoms with van der Waals surface area (Å²) in [4.78, 5) is 27.9. The van der Waals surface area contributed by atoms with Crippen LogP contribution in [0, 0.1) is 0 Å². The Morgan fingerprint density at radius 3 is 2.65 bits per heavy atom. The van der Waals surface area contributed by atoms with Crippen molar-refractivity contribution < 1.29 is 19.4 Å². The molecule has 0 radical (unpaired) electrons. The van der Waals surface area contributed by atoms with E-state index in [2.05, 4.69) is 25.6 Å². The number of hydrogen-bond donors (Lipinski definition) is 3. The van der Waals surface area contributed by atoms with Gasteiger partial charge in [0.05, 0.1) is 35.2 Å². The summed E-state index contributed by atoms with van der Waals surface area (Å²) in [6, 6.07) is 6.81. The highest BCUT2D eigenvalue weighted by Gasteiger charge is 2.52. The van der Waals surface area contributed by atoms with E-state index >= 15 is 0 Å². The number of primary amides is 1. The molecule has 3 aromatic rings. The van der Waals surface area contributed by atoms with Gasteiger partial charge in [0.25, 0.3) is 0 Å². The number of carboxylic acids is 1. The van der Waals surface area contributed by atoms with Crippen LogP contribution in [0.25, 0.3) is 11.4 Å². The molecule has 160 valence electrons. The number of rotatable bonds is 8. The Kier molecular flexibility index (Phi) is 5.01. The molecule has 11 heteroatoms. The maximum Gasteiger partial charge on any atom is 0.358 e. The number of carboxylic acid groups (broad SMARTS) is 1. The summed E-state index contributed by atoms with van der Waals surface area (Å²) in [6.07, 6.45) is 2.72. The highest BCUT2D eigenvalue weighted by Crippen LogP contribution is 2.47. The Hall–Kier alpha value is -4.02. The number of ether oxygens (including phenoxy) is 1. The number of carbonyl (C=O) groups excluding carboxylic acids is 1. The maximum absolute atomic E-state index is 11.9. The lowest BCUT2D eigenvalue weighted by molar-refractivity contribution is -0.120. The summed E-state index contributed by atoms with van der Waals surface area (Å²) < 4.78 is 7.27. The third kappa shape index (κ3) is 3.54. The number of nitrogens with two attached hydrogens (primary N) is 1. The standard InChI is InChI=1S/C20H21N7O4/c1-3-27-10-22-17(26-27)11-5-4-6-12(16(11)31-2)23-13-9-14(20(7-8-20)19(21)30)24-25-15(13)18(28)29/h4-6,9-10H,3,7-8H2,1-2H3,(H2,21,30)(H,23,24)(H,28,29). The lowest BCUT2D eigenvalue weighted by Gasteiger charge is -2.16. The number of aromatic carboxylic acids is 1. The summed E-state index contributed by atoms with van der Waals surface area (Å²) in [5.74, 6) is -0.862. The van der Waals surface area contributed by atoms with Crippen molar-refractivity contribution in [1.29, 1.82) is 0 Å². The summed E-state index contributed by atoms with van der Waals surface area (Å²) in [6.45, 7) is 2.62. The SMILES string of the molecule is CCn1cnc(-c2cccc(Nc3cc(C4(C(N)=O)CC4)nnc3C(=O)O)c2OC)n1. The number of hydrogen-bond acceptors (Lipinski definition) is 8. The summed E-state index contributed by atoms with van der Waals surface area (Å²) in [5.41, 5.74) is 5.97. The molecule has 1 aliphatic carbocycles. The highest BCUT2D eigenvalue weighted by atomic mass is 16.5. The number of carbonyl (C=O) groups is 2. The van der Waals surface area contributed by atoms with Crippen LogP contribution < -0.4 is 15.8 Å². The predicted octanol–water partition coefficient (Wildman–Crippen LogP) is 1.72. The van der Waals surface area contributed by atoms with Gasteiger partial charge in [-0.05, 0) is 38.0 Å². The van der Waals surface area contributed by atoms with Crippen LogP contribution in [0.15, 0.2) is 30.6 Å². The van der Waals surface area contributed by atoms with E-state index in [1.165, 1.54) is 13.2 Å². The highest BCUT2D eigenvalue weighted by molar-refractivity contribution is 5.95. The lowest BCUT2D eigenvalue weighted by atomic mass is 10.0. The number of benzene rings is 1. The van der Waals surface area contributed by atoms with Crippen LogP contribution in [0.2, 0.25) is 0 Å². The van der Waals surface area contributed by atoms with Crippen LogP contribution in [-0.2, 0) is 16.8 Å². The molecule has 2 aromatic heterocycles. The van der Waals surface area contributed by atoms with Crippen LogP contribution in [0.5, 0.6) is 5.75 Å². The summed E-state index contributed by atoms with van der Waals surface area (Å²) in [7, 11) is 1.50. The van der Waals surface area contributed by atoms with Gasteiger partial charge in [-0.25, -0.2) is 9.78 Å². The number of aromatic nitrogens is 5. The molecule has 11 nitrogen and oxygen atoms in total.